The SMILES string of the molecule is CC(Cc1ccc(OCC2CCCCN2)cc1)NCC(O)c1cccc(Cl)c1.Cl.Cl. The van der Waals surface area contributed by atoms with Gasteiger partial charge >= 0.3 is 0 Å². The summed E-state index contributed by atoms with van der Waals surface area (Å²) in [5.41, 5.74) is 2.08. The van der Waals surface area contributed by atoms with Crippen molar-refractivity contribution in [2.45, 2.75) is 50.8 Å². The van der Waals surface area contributed by atoms with Crippen molar-refractivity contribution in [2.75, 3.05) is 19.7 Å². The van der Waals surface area contributed by atoms with E-state index in [9.17, 15) is 5.11 Å². The maximum absolute atomic E-state index is 10.3. The zero-order valence-corrected chi connectivity index (χ0v) is 19.7. The molecule has 0 bridgehead atoms. The number of hydrogen-bond donors (Lipinski definition) is 3. The fourth-order valence-corrected chi connectivity index (χ4v) is 3.75. The molecule has 0 aromatic heterocycles. The second kappa shape index (κ2) is 14.1. The van der Waals surface area contributed by atoms with Gasteiger partial charge in [0.2, 0.25) is 0 Å². The van der Waals surface area contributed by atoms with E-state index < -0.39 is 6.10 Å². The van der Waals surface area contributed by atoms with Crippen LogP contribution < -0.4 is 15.4 Å². The molecule has 0 aliphatic carbocycles. The van der Waals surface area contributed by atoms with E-state index in [2.05, 4.69) is 29.7 Å². The van der Waals surface area contributed by atoms with Crippen molar-refractivity contribution in [1.82, 2.24) is 10.6 Å². The molecule has 1 heterocycles. The molecule has 3 unspecified atom stereocenters. The molecule has 3 rings (SSSR count). The first-order valence-electron chi connectivity index (χ1n) is 10.2. The zero-order chi connectivity index (χ0) is 19.8. The topological polar surface area (TPSA) is 53.5 Å². The Kier molecular flexibility index (Phi) is 12.7. The highest BCUT2D eigenvalue weighted by Crippen LogP contribution is 2.18. The molecular formula is C23H33Cl3N2O2. The van der Waals surface area contributed by atoms with E-state index in [1.165, 1.54) is 24.8 Å². The van der Waals surface area contributed by atoms with Gasteiger partial charge in [-0.3, -0.25) is 0 Å². The van der Waals surface area contributed by atoms with Gasteiger partial charge in [0.1, 0.15) is 12.4 Å². The summed E-state index contributed by atoms with van der Waals surface area (Å²) in [5.74, 6) is 0.924. The summed E-state index contributed by atoms with van der Waals surface area (Å²) >= 11 is 5.99. The first-order valence-corrected chi connectivity index (χ1v) is 10.6. The van der Waals surface area contributed by atoms with Gasteiger partial charge in [0.25, 0.3) is 0 Å². The van der Waals surface area contributed by atoms with Crippen LogP contribution in [0, 0.1) is 0 Å². The van der Waals surface area contributed by atoms with Crippen LogP contribution in [0.4, 0.5) is 0 Å². The average molecular weight is 476 g/mol. The molecule has 30 heavy (non-hydrogen) atoms. The van der Waals surface area contributed by atoms with E-state index in [0.717, 1.165) is 30.9 Å². The Balaban J connectivity index is 0.00000225. The van der Waals surface area contributed by atoms with Crippen LogP contribution in [0.1, 0.15) is 43.4 Å². The molecule has 1 fully saturated rings. The van der Waals surface area contributed by atoms with Crippen LogP contribution in [0.5, 0.6) is 5.75 Å². The summed E-state index contributed by atoms with van der Waals surface area (Å²) < 4.78 is 5.92. The quantitative estimate of drug-likeness (QED) is 0.480. The number of piperidine rings is 1. The van der Waals surface area contributed by atoms with Crippen molar-refractivity contribution in [1.29, 1.82) is 0 Å². The van der Waals surface area contributed by atoms with Crippen LogP contribution in [0.2, 0.25) is 5.02 Å². The van der Waals surface area contributed by atoms with Gasteiger partial charge in [0.05, 0.1) is 6.10 Å². The number of benzene rings is 2. The minimum Gasteiger partial charge on any atom is -0.492 e. The normalized spacial score (nSPS) is 17.9. The highest BCUT2D eigenvalue weighted by Gasteiger charge is 2.13. The van der Waals surface area contributed by atoms with Crippen molar-refractivity contribution in [3.63, 3.8) is 0 Å². The maximum atomic E-state index is 10.3. The van der Waals surface area contributed by atoms with Gasteiger partial charge in [0.15, 0.2) is 0 Å². The van der Waals surface area contributed by atoms with Crippen molar-refractivity contribution in [3.05, 3.63) is 64.7 Å². The average Bonchev–Trinajstić information content (AvgIpc) is 2.72. The third-order valence-corrected chi connectivity index (χ3v) is 5.46. The molecule has 2 aromatic rings. The van der Waals surface area contributed by atoms with Gasteiger partial charge in [-0.2, -0.15) is 0 Å². The van der Waals surface area contributed by atoms with Gasteiger partial charge in [-0.25, -0.2) is 0 Å². The van der Waals surface area contributed by atoms with Gasteiger partial charge in [-0.15, -0.1) is 24.8 Å². The third-order valence-electron chi connectivity index (χ3n) is 5.22. The fraction of sp³-hybridized carbons (Fsp3) is 0.478. The Morgan fingerprint density at radius 1 is 1.17 bits per heavy atom. The lowest BCUT2D eigenvalue weighted by Gasteiger charge is -2.23. The molecule has 0 spiro atoms. The van der Waals surface area contributed by atoms with Crippen LogP contribution in [-0.4, -0.2) is 36.9 Å². The summed E-state index contributed by atoms with van der Waals surface area (Å²) in [5, 5.41) is 17.9. The molecule has 4 nitrogen and oxygen atoms in total. The van der Waals surface area contributed by atoms with Crippen molar-refractivity contribution >= 4 is 36.4 Å². The highest BCUT2D eigenvalue weighted by atomic mass is 35.5. The number of ether oxygens (including phenoxy) is 1. The highest BCUT2D eigenvalue weighted by molar-refractivity contribution is 6.30. The maximum Gasteiger partial charge on any atom is 0.119 e. The van der Waals surface area contributed by atoms with E-state index in [1.807, 2.05) is 30.3 Å². The van der Waals surface area contributed by atoms with Gasteiger partial charge in [-0.1, -0.05) is 42.3 Å². The fourth-order valence-electron chi connectivity index (χ4n) is 3.56. The monoisotopic (exact) mass is 474 g/mol. The predicted octanol–water partition coefficient (Wildman–Crippen LogP) is 4.96. The number of rotatable bonds is 9. The van der Waals surface area contributed by atoms with Crippen molar-refractivity contribution in [3.8, 4) is 5.75 Å². The second-order valence-electron chi connectivity index (χ2n) is 7.69. The van der Waals surface area contributed by atoms with Crippen molar-refractivity contribution in [2.24, 2.45) is 0 Å². The van der Waals surface area contributed by atoms with E-state index in [1.54, 1.807) is 6.07 Å². The Hall–Kier alpha value is -1.01. The van der Waals surface area contributed by atoms with Gasteiger partial charge < -0.3 is 20.5 Å². The first kappa shape index (κ1) is 27.0. The summed E-state index contributed by atoms with van der Waals surface area (Å²) in [6.45, 7) is 4.46. The third kappa shape index (κ3) is 9.01. The molecule has 1 aliphatic rings. The molecule has 168 valence electrons. The minimum atomic E-state index is -0.565. The molecule has 1 aliphatic heterocycles. The van der Waals surface area contributed by atoms with Crippen molar-refractivity contribution < 1.29 is 9.84 Å². The number of hydrogen-bond acceptors (Lipinski definition) is 4. The van der Waals surface area contributed by atoms with E-state index in [4.69, 9.17) is 16.3 Å². The Bertz CT molecular complexity index is 725. The lowest BCUT2D eigenvalue weighted by molar-refractivity contribution is 0.170. The van der Waals surface area contributed by atoms with Gasteiger partial charge in [0, 0.05) is 23.7 Å². The van der Waals surface area contributed by atoms with Crippen LogP contribution in [0.25, 0.3) is 0 Å². The zero-order valence-electron chi connectivity index (χ0n) is 17.4. The minimum absolute atomic E-state index is 0. The standard InChI is InChI=1S/C23H31ClN2O2.2ClH/c1-17(26-15-23(27)19-5-4-6-20(24)14-19)13-18-8-10-22(11-9-18)28-16-21-7-2-3-12-25-21;;/h4-6,8-11,14,17,21,23,25-27H,2-3,7,12-13,15-16H2,1H3;2*1H. The Morgan fingerprint density at radius 3 is 2.60 bits per heavy atom. The molecule has 1 saturated heterocycles. The Morgan fingerprint density at radius 2 is 1.93 bits per heavy atom. The molecule has 7 heteroatoms. The molecule has 3 atom stereocenters. The number of aliphatic hydroxyl groups is 1. The summed E-state index contributed by atoms with van der Waals surface area (Å²) in [6, 6.07) is 16.4. The lowest BCUT2D eigenvalue weighted by atomic mass is 10.1. The second-order valence-corrected chi connectivity index (χ2v) is 8.12. The van der Waals surface area contributed by atoms with Crippen LogP contribution in [0.15, 0.2) is 48.5 Å². The van der Waals surface area contributed by atoms with Crippen LogP contribution >= 0.6 is 36.4 Å². The Labute approximate surface area is 197 Å². The van der Waals surface area contributed by atoms with E-state index >= 15 is 0 Å². The number of aliphatic hydroxyl groups excluding tert-OH is 1. The number of nitrogens with one attached hydrogen (secondary N) is 2. The lowest BCUT2D eigenvalue weighted by Crippen LogP contribution is -2.38. The number of halogens is 3. The smallest absolute Gasteiger partial charge is 0.119 e. The van der Waals surface area contributed by atoms with Gasteiger partial charge in [-0.05, 0) is 68.1 Å². The molecule has 0 radical (unpaired) electrons. The largest absolute Gasteiger partial charge is 0.492 e. The molecule has 0 amide bonds. The summed E-state index contributed by atoms with van der Waals surface area (Å²) in [4.78, 5) is 0. The molecule has 0 saturated carbocycles. The van der Waals surface area contributed by atoms with Crippen LogP contribution in [0.3, 0.4) is 0 Å². The molecule has 2 aromatic carbocycles. The first-order chi connectivity index (χ1) is 13.6. The van der Waals surface area contributed by atoms with E-state index in [-0.39, 0.29) is 30.9 Å². The summed E-state index contributed by atoms with van der Waals surface area (Å²) in [6.07, 6.45) is 4.09. The predicted molar refractivity (Wildman–Crippen MR) is 130 cm³/mol. The summed E-state index contributed by atoms with van der Waals surface area (Å²) in [7, 11) is 0. The molecular weight excluding hydrogens is 443 g/mol. The van der Waals surface area contributed by atoms with E-state index in [0.29, 0.717) is 17.6 Å². The van der Waals surface area contributed by atoms with Crippen LogP contribution in [-0.2, 0) is 6.42 Å². The molecule has 3 N–H and O–H groups in total.